The maximum Gasteiger partial charge on any atom is 0.410 e. The Morgan fingerprint density at radius 2 is 1.94 bits per heavy atom. The average molecular weight is 459 g/mol. The van der Waals surface area contributed by atoms with E-state index >= 15 is 0 Å². The van der Waals surface area contributed by atoms with Gasteiger partial charge < -0.3 is 14.4 Å². The zero-order valence-corrected chi connectivity index (χ0v) is 18.2. The molecule has 2 fully saturated rings. The van der Waals surface area contributed by atoms with Crippen molar-refractivity contribution in [3.05, 3.63) is 63.5 Å². The molecule has 0 aromatic heterocycles. The lowest BCUT2D eigenvalue weighted by Gasteiger charge is -2.19. The maximum atomic E-state index is 11.7. The Morgan fingerprint density at radius 3 is 2.58 bits per heavy atom. The Balaban J connectivity index is 1.41. The first-order valence-corrected chi connectivity index (χ1v) is 10.9. The van der Waals surface area contributed by atoms with Crippen molar-refractivity contribution in [3.8, 4) is 11.5 Å². The summed E-state index contributed by atoms with van der Waals surface area (Å²) < 4.78 is 11.0. The molecule has 2 aliphatic heterocycles. The van der Waals surface area contributed by atoms with Crippen LogP contribution in [0.5, 0.6) is 11.5 Å². The Labute approximate surface area is 188 Å². The van der Waals surface area contributed by atoms with Gasteiger partial charge in [-0.2, -0.15) is 0 Å². The van der Waals surface area contributed by atoms with Crippen molar-refractivity contribution in [2.24, 2.45) is 0 Å². The minimum Gasteiger partial charge on any atom is -0.457 e. The molecule has 1 atom stereocenters. The van der Waals surface area contributed by atoms with E-state index < -0.39 is 11.1 Å². The second-order valence-corrected chi connectivity index (χ2v) is 8.42. The van der Waals surface area contributed by atoms with Gasteiger partial charge in [0.2, 0.25) is 0 Å². The van der Waals surface area contributed by atoms with E-state index in [0.717, 1.165) is 17.3 Å². The normalized spacial score (nSPS) is 19.7. The van der Waals surface area contributed by atoms with Gasteiger partial charge in [-0.25, -0.2) is 4.79 Å². The molecule has 2 aromatic rings. The van der Waals surface area contributed by atoms with Crippen LogP contribution < -0.4 is 10.1 Å². The number of nitrogens with zero attached hydrogens (tertiary/aromatic N) is 1. The molecule has 2 aliphatic rings. The van der Waals surface area contributed by atoms with Crippen LogP contribution >= 0.6 is 23.4 Å². The standard InChI is InChI=1S/C22H19ClN2O5S/c1-2-25-15(12-29-22(25)28)9-13-3-6-16(7-4-13)30-17-8-5-14(18(23)11-17)10-19-20(26)24-21(27)31-19/h3-8,10-11,15H,2,9,12H2,1H3,(H,24,26,27)/b19-10+. The van der Waals surface area contributed by atoms with E-state index in [4.69, 9.17) is 21.1 Å². The monoisotopic (exact) mass is 458 g/mol. The highest BCUT2D eigenvalue weighted by Gasteiger charge is 2.31. The number of imide groups is 1. The number of hydrogen-bond acceptors (Lipinski definition) is 6. The van der Waals surface area contributed by atoms with Crippen molar-refractivity contribution < 1.29 is 23.9 Å². The van der Waals surface area contributed by atoms with E-state index in [-0.39, 0.29) is 12.1 Å². The largest absolute Gasteiger partial charge is 0.457 e. The number of cyclic esters (lactones) is 1. The molecule has 3 amide bonds. The number of likely N-dealkylation sites (N-methyl/N-ethyl adjacent to an activating group) is 1. The van der Waals surface area contributed by atoms with Gasteiger partial charge >= 0.3 is 6.09 Å². The molecule has 0 aliphatic carbocycles. The van der Waals surface area contributed by atoms with Crippen molar-refractivity contribution in [3.63, 3.8) is 0 Å². The van der Waals surface area contributed by atoms with Crippen LogP contribution in [0.3, 0.4) is 0 Å². The van der Waals surface area contributed by atoms with Crippen LogP contribution in [-0.2, 0) is 16.0 Å². The zero-order chi connectivity index (χ0) is 22.0. The fourth-order valence-corrected chi connectivity index (χ4v) is 4.30. The van der Waals surface area contributed by atoms with Gasteiger partial charge in [0.15, 0.2) is 0 Å². The van der Waals surface area contributed by atoms with Crippen molar-refractivity contribution >= 4 is 46.7 Å². The quantitative estimate of drug-likeness (QED) is 0.623. The number of ether oxygens (including phenoxy) is 2. The maximum absolute atomic E-state index is 11.7. The molecule has 4 rings (SSSR count). The lowest BCUT2D eigenvalue weighted by Crippen LogP contribution is -2.34. The van der Waals surface area contributed by atoms with Gasteiger partial charge in [0, 0.05) is 6.54 Å². The molecule has 9 heteroatoms. The molecule has 2 heterocycles. The summed E-state index contributed by atoms with van der Waals surface area (Å²) in [5.41, 5.74) is 1.70. The second-order valence-electron chi connectivity index (χ2n) is 7.00. The summed E-state index contributed by atoms with van der Waals surface area (Å²) in [4.78, 5) is 36.7. The highest BCUT2D eigenvalue weighted by molar-refractivity contribution is 8.18. The van der Waals surface area contributed by atoms with Crippen molar-refractivity contribution in [1.29, 1.82) is 0 Å². The molecule has 2 aromatic carbocycles. The van der Waals surface area contributed by atoms with Crippen LogP contribution in [0.15, 0.2) is 47.4 Å². The fourth-order valence-electron chi connectivity index (χ4n) is 3.40. The highest BCUT2D eigenvalue weighted by atomic mass is 35.5. The molecule has 160 valence electrons. The number of thioether (sulfide) groups is 1. The number of hydrogen-bond donors (Lipinski definition) is 1. The predicted molar refractivity (Wildman–Crippen MR) is 118 cm³/mol. The average Bonchev–Trinajstić information content (AvgIpc) is 3.25. The Hall–Kier alpha value is -2.97. The Bertz CT molecular complexity index is 1070. The van der Waals surface area contributed by atoms with E-state index in [9.17, 15) is 14.4 Å². The van der Waals surface area contributed by atoms with Crippen LogP contribution in [0.2, 0.25) is 5.02 Å². The molecule has 2 saturated heterocycles. The van der Waals surface area contributed by atoms with Gasteiger partial charge in [-0.1, -0.05) is 23.7 Å². The summed E-state index contributed by atoms with van der Waals surface area (Å²) in [5.74, 6) is 0.766. The molecule has 0 saturated carbocycles. The van der Waals surface area contributed by atoms with Gasteiger partial charge in [0.05, 0.1) is 16.0 Å². The topological polar surface area (TPSA) is 84.9 Å². The number of benzene rings is 2. The van der Waals surface area contributed by atoms with Crippen LogP contribution in [0.4, 0.5) is 9.59 Å². The number of rotatable bonds is 6. The first-order valence-electron chi connectivity index (χ1n) is 9.67. The molecular formula is C22H19ClN2O5S. The minimum atomic E-state index is -0.429. The number of nitrogens with one attached hydrogen (secondary N) is 1. The van der Waals surface area contributed by atoms with Crippen molar-refractivity contribution in [1.82, 2.24) is 10.2 Å². The van der Waals surface area contributed by atoms with E-state index in [1.807, 2.05) is 31.2 Å². The lowest BCUT2D eigenvalue weighted by molar-refractivity contribution is -0.115. The van der Waals surface area contributed by atoms with Gasteiger partial charge in [-0.3, -0.25) is 14.9 Å². The molecule has 1 unspecified atom stereocenters. The molecule has 1 N–H and O–H groups in total. The third-order valence-corrected chi connectivity index (χ3v) is 6.08. The van der Waals surface area contributed by atoms with Gasteiger partial charge in [-0.05, 0) is 72.6 Å². The third kappa shape index (κ3) is 4.86. The summed E-state index contributed by atoms with van der Waals surface area (Å²) in [6.07, 6.45) is 2.02. The summed E-state index contributed by atoms with van der Waals surface area (Å²) in [5, 5.41) is 2.21. The molecule has 0 radical (unpaired) electrons. The Morgan fingerprint density at radius 1 is 1.19 bits per heavy atom. The van der Waals surface area contributed by atoms with Crippen molar-refractivity contribution in [2.75, 3.05) is 13.2 Å². The summed E-state index contributed by atoms with van der Waals surface area (Å²) in [7, 11) is 0. The van der Waals surface area contributed by atoms with E-state index in [1.54, 1.807) is 29.2 Å². The number of carbonyl (C=O) groups excluding carboxylic acids is 3. The first-order chi connectivity index (χ1) is 14.9. The first kappa shape index (κ1) is 21.3. The van der Waals surface area contributed by atoms with Crippen LogP contribution in [0, 0.1) is 0 Å². The molecule has 31 heavy (non-hydrogen) atoms. The zero-order valence-electron chi connectivity index (χ0n) is 16.6. The van der Waals surface area contributed by atoms with Crippen LogP contribution in [0.25, 0.3) is 6.08 Å². The second kappa shape index (κ2) is 9.03. The summed E-state index contributed by atoms with van der Waals surface area (Å²) in [6.45, 7) is 2.96. The number of amides is 3. The highest BCUT2D eigenvalue weighted by Crippen LogP contribution is 2.31. The molecule has 7 nitrogen and oxygen atoms in total. The molecular weight excluding hydrogens is 440 g/mol. The van der Waals surface area contributed by atoms with E-state index in [2.05, 4.69) is 5.32 Å². The van der Waals surface area contributed by atoms with Crippen LogP contribution in [-0.4, -0.2) is 41.3 Å². The smallest absolute Gasteiger partial charge is 0.410 e. The summed E-state index contributed by atoms with van der Waals surface area (Å²) >= 11 is 7.16. The lowest BCUT2D eigenvalue weighted by atomic mass is 10.1. The molecule has 0 bridgehead atoms. The van der Waals surface area contributed by atoms with Crippen LogP contribution in [0.1, 0.15) is 18.1 Å². The van der Waals surface area contributed by atoms with E-state index in [1.165, 1.54) is 0 Å². The predicted octanol–water partition coefficient (Wildman–Crippen LogP) is 4.84. The Kier molecular flexibility index (Phi) is 6.20. The fraction of sp³-hybridized carbons (Fsp3) is 0.227. The minimum absolute atomic E-state index is 0.0418. The van der Waals surface area contributed by atoms with Gasteiger partial charge in [-0.15, -0.1) is 0 Å². The summed E-state index contributed by atoms with van der Waals surface area (Å²) in [6, 6.07) is 12.8. The van der Waals surface area contributed by atoms with Crippen molar-refractivity contribution in [2.45, 2.75) is 19.4 Å². The third-order valence-electron chi connectivity index (χ3n) is 4.95. The SMILES string of the molecule is CCN1C(=O)OCC1Cc1ccc(Oc2ccc(/C=C3/SC(=O)NC3=O)c(Cl)c2)cc1. The number of halogens is 1. The van der Waals surface area contributed by atoms with Gasteiger partial charge in [0.1, 0.15) is 18.1 Å². The number of carbonyl (C=O) groups is 3. The van der Waals surface area contributed by atoms with Gasteiger partial charge in [0.25, 0.3) is 11.1 Å². The molecule has 0 spiro atoms. The van der Waals surface area contributed by atoms with E-state index in [0.29, 0.717) is 46.6 Å².